The fourth-order valence-electron chi connectivity index (χ4n) is 2.61. The van der Waals surface area contributed by atoms with Gasteiger partial charge in [-0.3, -0.25) is 14.5 Å². The van der Waals surface area contributed by atoms with Crippen molar-refractivity contribution in [3.63, 3.8) is 0 Å². The number of carbonyl (C=O) groups is 3. The van der Waals surface area contributed by atoms with Crippen molar-refractivity contribution in [2.75, 3.05) is 19.8 Å². The van der Waals surface area contributed by atoms with Crippen molar-refractivity contribution in [1.82, 2.24) is 4.90 Å². The number of imide groups is 1. The minimum atomic E-state index is -0.514. The molecular weight excluding hydrogens is 322 g/mol. The Morgan fingerprint density at radius 3 is 2.12 bits per heavy atom. The zero-order valence-corrected chi connectivity index (χ0v) is 13.7. The number of ether oxygens (including phenoxy) is 2. The number of amides is 2. The lowest BCUT2D eigenvalue weighted by Crippen LogP contribution is -2.33. The maximum absolute atomic E-state index is 12.2. The first-order valence-corrected chi connectivity index (χ1v) is 7.97. The number of hydrogen-bond acceptors (Lipinski definition) is 5. The van der Waals surface area contributed by atoms with Crippen LogP contribution in [0.3, 0.4) is 0 Å². The Morgan fingerprint density at radius 1 is 0.960 bits per heavy atom. The van der Waals surface area contributed by atoms with Crippen LogP contribution in [0.25, 0.3) is 0 Å². The highest BCUT2D eigenvalue weighted by Crippen LogP contribution is 2.22. The van der Waals surface area contributed by atoms with E-state index < -0.39 is 5.97 Å². The summed E-state index contributed by atoms with van der Waals surface area (Å²) in [4.78, 5) is 37.5. The van der Waals surface area contributed by atoms with E-state index in [1.165, 1.54) is 0 Å². The first-order valence-electron chi connectivity index (χ1n) is 7.97. The molecule has 1 aliphatic rings. The molecule has 0 aromatic heterocycles. The van der Waals surface area contributed by atoms with Crippen LogP contribution < -0.4 is 4.74 Å². The Labute approximate surface area is 145 Å². The average molecular weight is 339 g/mol. The fraction of sp³-hybridized carbons (Fsp3) is 0.211. The van der Waals surface area contributed by atoms with E-state index in [1.54, 1.807) is 48.5 Å². The second kappa shape index (κ2) is 7.17. The van der Waals surface area contributed by atoms with E-state index >= 15 is 0 Å². The van der Waals surface area contributed by atoms with E-state index in [2.05, 4.69) is 0 Å². The lowest BCUT2D eigenvalue weighted by molar-refractivity contribution is 0.0420. The van der Waals surface area contributed by atoms with Crippen LogP contribution in [0.5, 0.6) is 5.75 Å². The summed E-state index contributed by atoms with van der Waals surface area (Å²) in [6.07, 6.45) is 0. The van der Waals surface area contributed by atoms with Gasteiger partial charge in [-0.2, -0.15) is 0 Å². The zero-order chi connectivity index (χ0) is 17.8. The van der Waals surface area contributed by atoms with Crippen molar-refractivity contribution in [3.8, 4) is 5.75 Å². The molecule has 3 rings (SSSR count). The van der Waals surface area contributed by atoms with E-state index in [9.17, 15) is 14.4 Å². The van der Waals surface area contributed by atoms with Crippen LogP contribution in [0.4, 0.5) is 0 Å². The largest absolute Gasteiger partial charge is 0.494 e. The second-order valence-electron chi connectivity index (χ2n) is 5.40. The molecule has 6 nitrogen and oxygen atoms in total. The molecule has 0 fully saturated rings. The lowest BCUT2D eigenvalue weighted by Gasteiger charge is -2.13. The predicted molar refractivity (Wildman–Crippen MR) is 89.7 cm³/mol. The zero-order valence-electron chi connectivity index (χ0n) is 13.7. The maximum Gasteiger partial charge on any atom is 0.338 e. The minimum absolute atomic E-state index is 0.0229. The maximum atomic E-state index is 12.2. The number of benzene rings is 2. The molecule has 6 heteroatoms. The first kappa shape index (κ1) is 16.7. The monoisotopic (exact) mass is 339 g/mol. The minimum Gasteiger partial charge on any atom is -0.494 e. The summed E-state index contributed by atoms with van der Waals surface area (Å²) in [5.41, 5.74) is 1.14. The number of rotatable bonds is 6. The van der Waals surface area contributed by atoms with Crippen LogP contribution in [0.1, 0.15) is 38.0 Å². The van der Waals surface area contributed by atoms with Crippen LogP contribution in [-0.4, -0.2) is 42.4 Å². The number of fused-ring (bicyclic) bond motifs is 1. The molecular formula is C19H17NO5. The van der Waals surface area contributed by atoms with Gasteiger partial charge in [0.15, 0.2) is 0 Å². The van der Waals surface area contributed by atoms with Crippen molar-refractivity contribution in [2.24, 2.45) is 0 Å². The number of hydrogen-bond donors (Lipinski definition) is 0. The molecule has 0 saturated heterocycles. The van der Waals surface area contributed by atoms with Crippen LogP contribution >= 0.6 is 0 Å². The topological polar surface area (TPSA) is 72.9 Å². The third-order valence-corrected chi connectivity index (χ3v) is 3.83. The Morgan fingerprint density at radius 2 is 1.56 bits per heavy atom. The van der Waals surface area contributed by atoms with Crippen LogP contribution in [0.15, 0.2) is 48.5 Å². The van der Waals surface area contributed by atoms with Gasteiger partial charge in [0.2, 0.25) is 0 Å². The predicted octanol–water partition coefficient (Wildman–Crippen LogP) is 2.54. The molecule has 0 saturated carbocycles. The quantitative estimate of drug-likeness (QED) is 0.597. The van der Waals surface area contributed by atoms with Crippen molar-refractivity contribution in [2.45, 2.75) is 6.92 Å². The molecule has 2 aromatic carbocycles. The molecule has 128 valence electrons. The van der Waals surface area contributed by atoms with Gasteiger partial charge in [0.25, 0.3) is 11.8 Å². The highest BCUT2D eigenvalue weighted by molar-refractivity contribution is 6.21. The molecule has 0 spiro atoms. The molecule has 0 bridgehead atoms. The van der Waals surface area contributed by atoms with Crippen molar-refractivity contribution in [1.29, 1.82) is 0 Å². The van der Waals surface area contributed by atoms with Crippen molar-refractivity contribution < 1.29 is 23.9 Å². The smallest absolute Gasteiger partial charge is 0.338 e. The summed E-state index contributed by atoms with van der Waals surface area (Å²) in [5.74, 6) is -0.569. The number of nitrogens with zero attached hydrogens (tertiary/aromatic N) is 1. The highest BCUT2D eigenvalue weighted by Gasteiger charge is 2.34. The summed E-state index contributed by atoms with van der Waals surface area (Å²) in [5, 5.41) is 0. The molecule has 0 unspecified atom stereocenters. The Balaban J connectivity index is 1.55. The molecule has 2 aromatic rings. The lowest BCUT2D eigenvalue weighted by atomic mass is 10.1. The van der Waals surface area contributed by atoms with Gasteiger partial charge >= 0.3 is 5.97 Å². The van der Waals surface area contributed by atoms with Crippen molar-refractivity contribution in [3.05, 3.63) is 65.2 Å². The molecule has 0 N–H and O–H groups in total. The first-order chi connectivity index (χ1) is 12.1. The normalized spacial score (nSPS) is 12.9. The van der Waals surface area contributed by atoms with Gasteiger partial charge in [-0.05, 0) is 43.3 Å². The van der Waals surface area contributed by atoms with Gasteiger partial charge in [0, 0.05) is 0 Å². The van der Waals surface area contributed by atoms with Gasteiger partial charge in [-0.1, -0.05) is 12.1 Å². The average Bonchev–Trinajstić information content (AvgIpc) is 2.88. The van der Waals surface area contributed by atoms with E-state index in [1.807, 2.05) is 6.92 Å². The summed E-state index contributed by atoms with van der Waals surface area (Å²) in [6.45, 7) is 2.39. The van der Waals surface area contributed by atoms with Crippen LogP contribution in [0.2, 0.25) is 0 Å². The van der Waals surface area contributed by atoms with Crippen molar-refractivity contribution >= 4 is 17.8 Å². The summed E-state index contributed by atoms with van der Waals surface area (Å²) >= 11 is 0. The highest BCUT2D eigenvalue weighted by atomic mass is 16.5. The number of esters is 1. The summed E-state index contributed by atoms with van der Waals surface area (Å²) in [7, 11) is 0. The van der Waals surface area contributed by atoms with Crippen LogP contribution in [-0.2, 0) is 4.74 Å². The Hall–Kier alpha value is -3.15. The van der Waals surface area contributed by atoms with Gasteiger partial charge in [0.05, 0.1) is 29.8 Å². The van der Waals surface area contributed by atoms with E-state index in [0.717, 1.165) is 4.90 Å². The van der Waals surface area contributed by atoms with E-state index in [4.69, 9.17) is 9.47 Å². The molecule has 0 aliphatic carbocycles. The molecule has 1 aliphatic heterocycles. The fourth-order valence-corrected chi connectivity index (χ4v) is 2.61. The van der Waals surface area contributed by atoms with Crippen LogP contribution in [0, 0.1) is 0 Å². The third kappa shape index (κ3) is 3.38. The Bertz CT molecular complexity index is 778. The van der Waals surface area contributed by atoms with Gasteiger partial charge < -0.3 is 9.47 Å². The molecule has 25 heavy (non-hydrogen) atoms. The summed E-state index contributed by atoms with van der Waals surface area (Å²) < 4.78 is 10.5. The van der Waals surface area contributed by atoms with Gasteiger partial charge in [-0.15, -0.1) is 0 Å². The van der Waals surface area contributed by atoms with Gasteiger partial charge in [0.1, 0.15) is 12.4 Å². The second-order valence-corrected chi connectivity index (χ2v) is 5.40. The number of carbonyl (C=O) groups excluding carboxylic acids is 3. The Kier molecular flexibility index (Phi) is 4.79. The molecule has 1 heterocycles. The third-order valence-electron chi connectivity index (χ3n) is 3.83. The molecule has 0 radical (unpaired) electrons. The van der Waals surface area contributed by atoms with Gasteiger partial charge in [-0.25, -0.2) is 4.79 Å². The van der Waals surface area contributed by atoms with E-state index in [0.29, 0.717) is 29.0 Å². The SMILES string of the molecule is CCOc1ccc(C(=O)OCCN2C(=O)c3ccccc3C2=O)cc1. The summed E-state index contributed by atoms with van der Waals surface area (Å²) in [6, 6.07) is 13.2. The molecule has 2 amide bonds. The molecule has 0 atom stereocenters. The van der Waals surface area contributed by atoms with E-state index in [-0.39, 0.29) is 25.0 Å². The standard InChI is InChI=1S/C19H17NO5/c1-2-24-14-9-7-13(8-10-14)19(23)25-12-11-20-17(21)15-5-3-4-6-16(15)18(20)22/h3-10H,2,11-12H2,1H3.